The summed E-state index contributed by atoms with van der Waals surface area (Å²) in [5.74, 6) is -3.85. The second-order valence-electron chi connectivity index (χ2n) is 12.5. The van der Waals surface area contributed by atoms with Crippen LogP contribution in [0.15, 0.2) is 18.2 Å². The Hall–Kier alpha value is -3.14. The minimum Gasteiger partial charge on any atom is -0.480 e. The topological polar surface area (TPSA) is 151 Å². The van der Waals surface area contributed by atoms with Crippen LogP contribution >= 0.6 is 0 Å². The monoisotopic (exact) mass is 565 g/mol. The number of carbonyl (C=O) groups excluding carboxylic acids is 3. The molecule has 0 aromatic heterocycles. The highest BCUT2D eigenvalue weighted by Crippen LogP contribution is 2.39. The largest absolute Gasteiger partial charge is 0.509 e. The Morgan fingerprint density at radius 3 is 1.75 bits per heavy atom. The van der Waals surface area contributed by atoms with E-state index in [-0.39, 0.29) is 11.5 Å². The number of hydrogen-bond donors (Lipinski definition) is 2. The van der Waals surface area contributed by atoms with Crippen LogP contribution in [-0.2, 0) is 23.9 Å². The van der Waals surface area contributed by atoms with Gasteiger partial charge >= 0.3 is 24.1 Å². The summed E-state index contributed by atoms with van der Waals surface area (Å²) in [6.07, 6.45) is -0.679. The zero-order valence-corrected chi connectivity index (χ0v) is 25.7. The molecular weight excluding hydrogens is 518 g/mol. The molecule has 1 aromatic rings. The van der Waals surface area contributed by atoms with Crippen LogP contribution in [-0.4, -0.2) is 46.9 Å². The maximum Gasteiger partial charge on any atom is 0.509 e. The molecule has 40 heavy (non-hydrogen) atoms. The molecule has 0 aliphatic carbocycles. The average molecular weight is 566 g/mol. The van der Waals surface area contributed by atoms with Gasteiger partial charge in [-0.3, -0.25) is 14.4 Å². The van der Waals surface area contributed by atoms with Crippen LogP contribution in [0.5, 0.6) is 11.5 Å². The first-order chi connectivity index (χ1) is 18.2. The quantitative estimate of drug-likeness (QED) is 0.233. The van der Waals surface area contributed by atoms with Crippen molar-refractivity contribution in [3.05, 3.63) is 23.8 Å². The van der Waals surface area contributed by atoms with Crippen LogP contribution in [0.1, 0.15) is 100 Å². The van der Waals surface area contributed by atoms with Gasteiger partial charge in [0.15, 0.2) is 11.5 Å². The second-order valence-corrected chi connectivity index (χ2v) is 12.5. The Bertz CT molecular complexity index is 1070. The van der Waals surface area contributed by atoms with Crippen LogP contribution < -0.4 is 15.2 Å². The van der Waals surface area contributed by atoms with E-state index in [0.29, 0.717) is 18.4 Å². The molecule has 0 saturated heterocycles. The summed E-state index contributed by atoms with van der Waals surface area (Å²) >= 11 is 0. The molecule has 10 nitrogen and oxygen atoms in total. The van der Waals surface area contributed by atoms with Gasteiger partial charge in [-0.05, 0) is 85.9 Å². The molecule has 1 aromatic carbocycles. The maximum absolute atomic E-state index is 13.0. The molecule has 0 radical (unpaired) electrons. The molecule has 0 bridgehead atoms. The lowest BCUT2D eigenvalue weighted by atomic mass is 9.79. The van der Waals surface area contributed by atoms with E-state index in [2.05, 4.69) is 0 Å². The van der Waals surface area contributed by atoms with Crippen LogP contribution in [0.25, 0.3) is 0 Å². The van der Waals surface area contributed by atoms with Gasteiger partial charge < -0.3 is 29.8 Å². The summed E-state index contributed by atoms with van der Waals surface area (Å²) in [4.78, 5) is 50.2. The van der Waals surface area contributed by atoms with E-state index in [1.54, 1.807) is 68.4 Å². The number of carboxylic acid groups (broad SMARTS) is 1. The molecule has 0 spiro atoms. The maximum atomic E-state index is 13.0. The van der Waals surface area contributed by atoms with Crippen molar-refractivity contribution in [3.63, 3.8) is 0 Å². The number of ether oxygens (including phenoxy) is 4. The van der Waals surface area contributed by atoms with E-state index in [4.69, 9.17) is 24.7 Å². The van der Waals surface area contributed by atoms with Crippen molar-refractivity contribution in [2.75, 3.05) is 0 Å². The SMILES string of the molecule is CCC(C)(C)C(=O)Oc1ccc(C(C(C)C(C)OC(=O)OC(C)(C)C)[C@H](N)C(=O)O)cc1OC(=O)C(C)(C)CC. The van der Waals surface area contributed by atoms with Gasteiger partial charge in [-0.15, -0.1) is 0 Å². The fourth-order valence-corrected chi connectivity index (χ4v) is 3.48. The molecular formula is C30H47NO9. The highest BCUT2D eigenvalue weighted by atomic mass is 16.7. The zero-order chi connectivity index (χ0) is 31.2. The van der Waals surface area contributed by atoms with Crippen molar-refractivity contribution in [2.24, 2.45) is 22.5 Å². The van der Waals surface area contributed by atoms with Crippen LogP contribution in [0.4, 0.5) is 4.79 Å². The van der Waals surface area contributed by atoms with E-state index < -0.39 is 64.5 Å². The molecule has 0 amide bonds. The first kappa shape index (κ1) is 34.9. The smallest absolute Gasteiger partial charge is 0.480 e. The summed E-state index contributed by atoms with van der Waals surface area (Å²) < 4.78 is 22.0. The van der Waals surface area contributed by atoms with Crippen molar-refractivity contribution in [3.8, 4) is 11.5 Å². The minimum absolute atomic E-state index is 0.0175. The molecule has 1 rings (SSSR count). The number of hydrogen-bond acceptors (Lipinski definition) is 9. The van der Waals surface area contributed by atoms with Crippen molar-refractivity contribution in [2.45, 2.75) is 113 Å². The molecule has 3 N–H and O–H groups in total. The second kappa shape index (κ2) is 13.5. The van der Waals surface area contributed by atoms with Crippen LogP contribution in [0, 0.1) is 16.7 Å². The van der Waals surface area contributed by atoms with Gasteiger partial charge in [-0.1, -0.05) is 26.8 Å². The third-order valence-corrected chi connectivity index (χ3v) is 7.28. The Balaban J connectivity index is 3.59. The third-order valence-electron chi connectivity index (χ3n) is 7.28. The first-order valence-electron chi connectivity index (χ1n) is 13.6. The normalized spacial score (nSPS) is 15.3. The van der Waals surface area contributed by atoms with Gasteiger partial charge in [-0.2, -0.15) is 0 Å². The van der Waals surface area contributed by atoms with E-state index in [0.717, 1.165) is 0 Å². The summed E-state index contributed by atoms with van der Waals surface area (Å²) in [7, 11) is 0. The lowest BCUT2D eigenvalue weighted by molar-refractivity contribution is -0.147. The minimum atomic E-state index is -1.40. The van der Waals surface area contributed by atoms with Crippen molar-refractivity contribution < 1.29 is 43.2 Å². The molecule has 226 valence electrons. The van der Waals surface area contributed by atoms with Crippen LogP contribution in [0.2, 0.25) is 0 Å². The molecule has 0 heterocycles. The predicted octanol–water partition coefficient (Wildman–Crippen LogP) is 5.84. The molecule has 0 aliphatic rings. The lowest BCUT2D eigenvalue weighted by Crippen LogP contribution is -2.43. The Kier molecular flexibility index (Phi) is 11.8. The number of benzene rings is 1. The average Bonchev–Trinajstić information content (AvgIpc) is 2.83. The first-order valence-corrected chi connectivity index (χ1v) is 13.6. The molecule has 0 fully saturated rings. The number of esters is 2. The van der Waals surface area contributed by atoms with Crippen LogP contribution in [0.3, 0.4) is 0 Å². The Morgan fingerprint density at radius 1 is 0.850 bits per heavy atom. The Labute approximate surface area is 237 Å². The number of carboxylic acids is 1. The van der Waals surface area contributed by atoms with Gasteiger partial charge in [-0.25, -0.2) is 4.79 Å². The fourth-order valence-electron chi connectivity index (χ4n) is 3.48. The molecule has 4 atom stereocenters. The number of nitrogens with two attached hydrogens (primary N) is 1. The highest BCUT2D eigenvalue weighted by Gasteiger charge is 2.37. The van der Waals surface area contributed by atoms with Gasteiger partial charge in [0, 0.05) is 11.8 Å². The summed E-state index contributed by atoms with van der Waals surface area (Å²) in [5, 5.41) is 9.81. The van der Waals surface area contributed by atoms with E-state index >= 15 is 0 Å². The summed E-state index contributed by atoms with van der Waals surface area (Å²) in [5.41, 5.74) is 4.13. The highest BCUT2D eigenvalue weighted by molar-refractivity contribution is 5.82. The van der Waals surface area contributed by atoms with E-state index in [9.17, 15) is 24.3 Å². The van der Waals surface area contributed by atoms with E-state index in [1.807, 2.05) is 13.8 Å². The predicted molar refractivity (Wildman–Crippen MR) is 150 cm³/mol. The molecule has 10 heteroatoms. The standard InChI is InChI=1S/C30H47NO9/c1-12-29(8,9)25(34)38-20-15-14-19(16-21(20)39-26(35)30(10,11)13-2)22(23(31)24(32)33)17(3)18(4)37-27(36)40-28(5,6)7/h14-18,22-23H,12-13,31H2,1-11H3,(H,32,33)/t17?,18?,22?,23-/m0/s1. The fraction of sp³-hybridized carbons (Fsp3) is 0.667. The van der Waals surface area contributed by atoms with E-state index in [1.165, 1.54) is 12.1 Å². The summed E-state index contributed by atoms with van der Waals surface area (Å²) in [6.45, 7) is 19.1. The zero-order valence-electron chi connectivity index (χ0n) is 25.7. The van der Waals surface area contributed by atoms with Gasteiger partial charge in [0.2, 0.25) is 0 Å². The molecule has 3 unspecified atom stereocenters. The van der Waals surface area contributed by atoms with Gasteiger partial charge in [0.1, 0.15) is 17.7 Å². The van der Waals surface area contributed by atoms with Gasteiger partial charge in [0.05, 0.1) is 10.8 Å². The molecule has 0 aliphatic heterocycles. The van der Waals surface area contributed by atoms with Crippen molar-refractivity contribution >= 4 is 24.1 Å². The third kappa shape index (κ3) is 9.50. The number of aliphatic carboxylic acids is 1. The number of rotatable bonds is 12. The lowest BCUT2D eigenvalue weighted by Gasteiger charge is -2.32. The van der Waals surface area contributed by atoms with Crippen molar-refractivity contribution in [1.82, 2.24) is 0 Å². The summed E-state index contributed by atoms with van der Waals surface area (Å²) in [6, 6.07) is 3.07. The number of carbonyl (C=O) groups is 4. The molecule has 0 saturated carbocycles. The Morgan fingerprint density at radius 2 is 1.32 bits per heavy atom. The van der Waals surface area contributed by atoms with Crippen molar-refractivity contribution in [1.29, 1.82) is 0 Å². The van der Waals surface area contributed by atoms with Gasteiger partial charge in [0.25, 0.3) is 0 Å².